The largest absolute Gasteiger partial charge is 0.464 e. The van der Waals surface area contributed by atoms with E-state index in [-0.39, 0.29) is 17.9 Å². The predicted molar refractivity (Wildman–Crippen MR) is 253 cm³/mol. The predicted octanol–water partition coefficient (Wildman–Crippen LogP) is 9.19. The molecule has 7 heterocycles. The number of fused-ring (bicyclic) bond motifs is 5. The van der Waals surface area contributed by atoms with Crippen LogP contribution >= 0.6 is 11.3 Å². The van der Waals surface area contributed by atoms with Gasteiger partial charge in [0, 0.05) is 35.9 Å². The van der Waals surface area contributed by atoms with Crippen LogP contribution in [0.4, 0.5) is 14.0 Å². The number of hydrogen-bond donors (Lipinski definition) is 4. The maximum Gasteiger partial charge on any atom is 0.407 e. The number of rotatable bonds is 12. The van der Waals surface area contributed by atoms with Gasteiger partial charge in [0.1, 0.15) is 35.3 Å². The van der Waals surface area contributed by atoms with Crippen LogP contribution in [0, 0.1) is 17.6 Å². The fraction of sp³-hybridized carbons (Fsp3) is 0.440. The second-order valence-corrected chi connectivity index (χ2v) is 19.9. The number of alkyl carbamates (subject to hydrolysis) is 2. The number of benzene rings is 2. The standard InChI is InChI=1S/C50H56FN9O7S/c1-25(2)42(56-49(63)65-5)46(61)58-17-7-9-35(58)44-52-23-32(54-44)28-13-14-34-30(19-28)21-37-41-31(51)20-29(22-38(41)67-48(60(34)37)40-16-15-39(68-40)27-11-12-27)33-24-53-45(55-33)36-10-8-18-59(36)47(62)43(26(3)4)57-50(64)66-6/h13-16,19-27,35-36,42-43,48H,7-12,17-18H2,1-6H3,(H,52,54)(H,53,55)(H,56,63)(H,57,64)/t35-,36-,42-,43?,48?/m0/s1/i26D. The third kappa shape index (κ3) is 8.25. The molecule has 16 nitrogen and oxygen atoms in total. The first-order valence-corrected chi connectivity index (χ1v) is 24.1. The van der Waals surface area contributed by atoms with Gasteiger partial charge >= 0.3 is 12.2 Å². The molecular weight excluding hydrogens is 890 g/mol. The average molecular weight is 947 g/mol. The van der Waals surface area contributed by atoms with Gasteiger partial charge in [0.25, 0.3) is 0 Å². The minimum atomic E-state index is -1.33. The van der Waals surface area contributed by atoms with Gasteiger partial charge in [-0.25, -0.2) is 23.9 Å². The summed E-state index contributed by atoms with van der Waals surface area (Å²) in [6, 6.07) is 13.0. The van der Waals surface area contributed by atoms with Crippen LogP contribution in [0.25, 0.3) is 44.7 Å². The van der Waals surface area contributed by atoms with Crippen LogP contribution in [-0.2, 0) is 19.1 Å². The third-order valence-corrected chi connectivity index (χ3v) is 15.0. The summed E-state index contributed by atoms with van der Waals surface area (Å²) in [6.07, 6.45) is 6.50. The highest BCUT2D eigenvalue weighted by molar-refractivity contribution is 7.12. The minimum Gasteiger partial charge on any atom is -0.464 e. The van der Waals surface area contributed by atoms with Crippen LogP contribution in [0.15, 0.2) is 60.9 Å². The molecule has 4 amide bonds. The molecule has 2 unspecified atom stereocenters. The number of carbonyl (C=O) groups is 4. The molecule has 4 aromatic heterocycles. The lowest BCUT2D eigenvalue weighted by atomic mass is 10.0. The van der Waals surface area contributed by atoms with Gasteiger partial charge in [-0.2, -0.15) is 0 Å². The average Bonchev–Trinajstić information content (AvgIpc) is 4.05. The number of hydrogen-bond acceptors (Lipinski definition) is 10. The van der Waals surface area contributed by atoms with Crippen molar-refractivity contribution in [3.63, 3.8) is 0 Å². The number of thiophene rings is 1. The quantitative estimate of drug-likeness (QED) is 0.0927. The fourth-order valence-corrected chi connectivity index (χ4v) is 11.2. The van der Waals surface area contributed by atoms with Crippen molar-refractivity contribution in [2.45, 2.75) is 103 Å². The number of aromatic nitrogens is 5. The van der Waals surface area contributed by atoms with Gasteiger partial charge < -0.3 is 44.6 Å². The van der Waals surface area contributed by atoms with Crippen molar-refractivity contribution in [2.75, 3.05) is 27.3 Å². The molecule has 2 aromatic carbocycles. The maximum atomic E-state index is 16.9. The first-order valence-electron chi connectivity index (χ1n) is 23.8. The van der Waals surface area contributed by atoms with Gasteiger partial charge in [-0.3, -0.25) is 14.2 Å². The normalized spacial score (nSPS) is 20.1. The Morgan fingerprint density at radius 2 is 1.40 bits per heavy atom. The molecular formula is C50H56FN9O7S. The second kappa shape index (κ2) is 18.1. The smallest absolute Gasteiger partial charge is 0.407 e. The van der Waals surface area contributed by atoms with Crippen molar-refractivity contribution in [1.29, 1.82) is 0 Å². The van der Waals surface area contributed by atoms with Crippen molar-refractivity contribution >= 4 is 46.2 Å². The molecule has 2 saturated heterocycles. The van der Waals surface area contributed by atoms with Gasteiger partial charge in [-0.1, -0.05) is 33.8 Å². The highest BCUT2D eigenvalue weighted by atomic mass is 32.1. The third-order valence-electron chi connectivity index (χ3n) is 13.7. The molecule has 1 aliphatic carbocycles. The molecule has 3 fully saturated rings. The number of imidazole rings is 2. The van der Waals surface area contributed by atoms with Crippen molar-refractivity contribution < 1.29 is 39.1 Å². The second-order valence-electron chi connectivity index (χ2n) is 18.7. The molecule has 68 heavy (non-hydrogen) atoms. The first kappa shape index (κ1) is 43.9. The van der Waals surface area contributed by atoms with E-state index < -0.39 is 54.2 Å². The summed E-state index contributed by atoms with van der Waals surface area (Å²) in [5.74, 6) is -0.463. The van der Waals surface area contributed by atoms with Crippen LogP contribution < -0.4 is 15.4 Å². The molecule has 10 rings (SSSR count). The number of likely N-dealkylation sites (tertiary alicyclic amines) is 2. The Labute approximate surface area is 398 Å². The van der Waals surface area contributed by atoms with E-state index >= 15 is 4.39 Å². The lowest BCUT2D eigenvalue weighted by Gasteiger charge is -2.30. The van der Waals surface area contributed by atoms with Crippen molar-refractivity contribution in [3.05, 3.63) is 88.1 Å². The van der Waals surface area contributed by atoms with Crippen molar-refractivity contribution in [2.24, 2.45) is 11.8 Å². The number of carbonyl (C=O) groups excluding carboxylic acids is 4. The van der Waals surface area contributed by atoms with E-state index in [4.69, 9.17) is 20.6 Å². The zero-order valence-corrected chi connectivity index (χ0v) is 39.7. The summed E-state index contributed by atoms with van der Waals surface area (Å²) < 4.78 is 44.1. The monoisotopic (exact) mass is 946 g/mol. The number of amides is 4. The van der Waals surface area contributed by atoms with Gasteiger partial charge in [0.05, 0.1) is 71.7 Å². The van der Waals surface area contributed by atoms with Gasteiger partial charge in [0.15, 0.2) is 0 Å². The first-order chi connectivity index (χ1) is 33.1. The van der Waals surface area contributed by atoms with Crippen LogP contribution in [0.5, 0.6) is 5.75 Å². The lowest BCUT2D eigenvalue weighted by Crippen LogP contribution is -2.51. The Morgan fingerprint density at radius 1 is 0.794 bits per heavy atom. The summed E-state index contributed by atoms with van der Waals surface area (Å²) in [6.45, 7) is 7.85. The number of H-pyrrole nitrogens is 2. The Balaban J connectivity index is 0.964. The Morgan fingerprint density at radius 3 is 2.00 bits per heavy atom. The number of nitrogens with one attached hydrogen (secondary N) is 4. The van der Waals surface area contributed by atoms with E-state index in [1.165, 1.54) is 25.2 Å². The molecule has 0 spiro atoms. The van der Waals surface area contributed by atoms with E-state index in [0.29, 0.717) is 71.8 Å². The van der Waals surface area contributed by atoms with E-state index in [1.54, 1.807) is 47.4 Å². The molecule has 1 saturated carbocycles. The van der Waals surface area contributed by atoms with Crippen molar-refractivity contribution in [1.82, 2.24) is 44.9 Å². The van der Waals surface area contributed by atoms with Crippen LogP contribution in [0.1, 0.15) is 113 Å². The van der Waals surface area contributed by atoms with E-state index in [2.05, 4.69) is 48.4 Å². The summed E-state index contributed by atoms with van der Waals surface area (Å²) in [5, 5.41) is 6.12. The molecule has 18 heteroatoms. The summed E-state index contributed by atoms with van der Waals surface area (Å²) in [5.41, 5.74) is 4.56. The Kier molecular flexibility index (Phi) is 11.7. The maximum absolute atomic E-state index is 16.9. The fourth-order valence-electron chi connectivity index (χ4n) is 9.98. The number of methoxy groups -OCH3 is 2. The highest BCUT2D eigenvalue weighted by Crippen LogP contribution is 2.50. The van der Waals surface area contributed by atoms with E-state index in [9.17, 15) is 19.2 Å². The van der Waals surface area contributed by atoms with E-state index in [0.717, 1.165) is 52.7 Å². The number of aromatic amines is 2. The number of ether oxygens (including phenoxy) is 3. The number of nitrogens with zero attached hydrogens (tertiary/aromatic N) is 5. The SMILES string of the molecule is [2H]C(C)(C)C(NC(=O)OC)C(=O)N1CCC[C@H]1c1ncc(-c2cc(F)c3c(c2)OC(c2ccc(C4CC4)s2)n2c-3cc3cc(-c4cnc([C@@H]5CCCN5C(=O)[C@@H](NC(=O)OC)C(C)C)[nH]4)ccc32)[nH]1. The molecule has 6 aromatic rings. The van der Waals surface area contributed by atoms with Crippen LogP contribution in [0.2, 0.25) is 0 Å². The van der Waals surface area contributed by atoms with Crippen LogP contribution in [-0.4, -0.2) is 97.7 Å². The summed E-state index contributed by atoms with van der Waals surface area (Å²) in [4.78, 5) is 74.0. The number of halogens is 1. The molecule has 4 aliphatic rings. The lowest BCUT2D eigenvalue weighted by molar-refractivity contribution is -0.136. The zero-order chi connectivity index (χ0) is 48.5. The summed E-state index contributed by atoms with van der Waals surface area (Å²) in [7, 11) is 2.49. The van der Waals surface area contributed by atoms with Gasteiger partial charge in [-0.15, -0.1) is 11.3 Å². The van der Waals surface area contributed by atoms with Crippen molar-refractivity contribution in [3.8, 4) is 39.5 Å². The molecule has 0 bridgehead atoms. The molecule has 0 radical (unpaired) electrons. The Bertz CT molecular complexity index is 2970. The topological polar surface area (TPSA) is 189 Å². The molecule has 3 aliphatic heterocycles. The van der Waals surface area contributed by atoms with Gasteiger partial charge in [0.2, 0.25) is 18.0 Å². The van der Waals surface area contributed by atoms with Gasteiger partial charge in [-0.05, 0) is 98.7 Å². The molecule has 356 valence electrons. The van der Waals surface area contributed by atoms with E-state index in [1.807, 2.05) is 38.1 Å². The summed E-state index contributed by atoms with van der Waals surface area (Å²) >= 11 is 1.72. The molecule has 5 atom stereocenters. The van der Waals surface area contributed by atoms with Crippen LogP contribution in [0.3, 0.4) is 0 Å². The molecule has 4 N–H and O–H groups in total. The minimum absolute atomic E-state index is 0.155. The zero-order valence-electron chi connectivity index (χ0n) is 39.9. The highest BCUT2D eigenvalue weighted by Gasteiger charge is 2.40. The Hall–Kier alpha value is -6.69.